The Morgan fingerprint density at radius 2 is 1.10 bits per heavy atom. The van der Waals surface area contributed by atoms with Crippen molar-refractivity contribution >= 4 is 57.3 Å². The molecule has 0 fully saturated rings. The molecule has 2 aromatic heterocycles. The smallest absolute Gasteiger partial charge is 0.410 e. The molecule has 8 nitrogen and oxygen atoms in total. The van der Waals surface area contributed by atoms with Crippen molar-refractivity contribution < 1.29 is 19.1 Å². The van der Waals surface area contributed by atoms with Crippen LogP contribution in [0.3, 0.4) is 0 Å². The zero-order valence-corrected chi connectivity index (χ0v) is 28.0. The SMILES string of the molecule is CN(CCSCc1ncccc1SSc1cccnc1CSCCN(C)C(=O)OC(C)(C)C)C(=O)OC(C)(C)C. The minimum atomic E-state index is -0.498. The molecule has 0 aliphatic heterocycles. The van der Waals surface area contributed by atoms with Gasteiger partial charge in [0, 0.05) is 72.4 Å². The zero-order chi connectivity index (χ0) is 29.8. The van der Waals surface area contributed by atoms with E-state index in [2.05, 4.69) is 22.1 Å². The predicted molar refractivity (Wildman–Crippen MR) is 170 cm³/mol. The van der Waals surface area contributed by atoms with Crippen LogP contribution < -0.4 is 0 Å². The van der Waals surface area contributed by atoms with Crippen molar-refractivity contribution in [2.24, 2.45) is 0 Å². The van der Waals surface area contributed by atoms with Gasteiger partial charge in [-0.2, -0.15) is 23.5 Å². The highest BCUT2D eigenvalue weighted by Crippen LogP contribution is 2.40. The number of amides is 2. The second-order valence-electron chi connectivity index (χ2n) is 11.0. The number of carbonyl (C=O) groups excluding carboxylic acids is 2. The monoisotopic (exact) mass is 626 g/mol. The molecule has 2 aromatic rings. The van der Waals surface area contributed by atoms with E-state index in [4.69, 9.17) is 9.47 Å². The highest BCUT2D eigenvalue weighted by Gasteiger charge is 2.20. The number of hydrogen-bond donors (Lipinski definition) is 0. The Morgan fingerprint density at radius 3 is 1.45 bits per heavy atom. The second kappa shape index (κ2) is 16.6. The summed E-state index contributed by atoms with van der Waals surface area (Å²) in [5.74, 6) is 3.09. The van der Waals surface area contributed by atoms with Crippen LogP contribution in [0.1, 0.15) is 52.9 Å². The summed E-state index contributed by atoms with van der Waals surface area (Å²) >= 11 is 3.49. The Kier molecular flexibility index (Phi) is 14.3. The van der Waals surface area contributed by atoms with Gasteiger partial charge in [-0.05, 0) is 65.8 Å². The maximum Gasteiger partial charge on any atom is 0.410 e. The van der Waals surface area contributed by atoms with Gasteiger partial charge in [0.05, 0.1) is 11.4 Å². The first kappa shape index (κ1) is 34.4. The van der Waals surface area contributed by atoms with E-state index in [0.29, 0.717) is 13.1 Å². The minimum absolute atomic E-state index is 0.306. The lowest BCUT2D eigenvalue weighted by molar-refractivity contribution is 0.0299. The first-order valence-corrected chi connectivity index (χ1v) is 17.5. The minimum Gasteiger partial charge on any atom is -0.444 e. The Hall–Kier alpha value is -1.76. The van der Waals surface area contributed by atoms with Crippen LogP contribution in [0.4, 0.5) is 9.59 Å². The maximum absolute atomic E-state index is 12.2. The summed E-state index contributed by atoms with van der Waals surface area (Å²) in [7, 11) is 6.88. The van der Waals surface area contributed by atoms with Gasteiger partial charge in [0.25, 0.3) is 0 Å². The number of hydrogen-bond acceptors (Lipinski definition) is 10. The fraction of sp³-hybridized carbons (Fsp3) is 0.571. The van der Waals surface area contributed by atoms with Gasteiger partial charge in [0.1, 0.15) is 11.2 Å². The Morgan fingerprint density at radius 1 is 0.725 bits per heavy atom. The van der Waals surface area contributed by atoms with E-state index in [9.17, 15) is 9.59 Å². The average molecular weight is 627 g/mol. The van der Waals surface area contributed by atoms with Crippen molar-refractivity contribution in [3.63, 3.8) is 0 Å². The van der Waals surface area contributed by atoms with Gasteiger partial charge in [-0.15, -0.1) is 0 Å². The van der Waals surface area contributed by atoms with Crippen LogP contribution in [0.2, 0.25) is 0 Å². The summed E-state index contributed by atoms with van der Waals surface area (Å²) in [6, 6.07) is 8.08. The lowest BCUT2D eigenvalue weighted by Gasteiger charge is -2.24. The Labute approximate surface area is 255 Å². The summed E-state index contributed by atoms with van der Waals surface area (Å²) in [6.45, 7) is 12.4. The predicted octanol–water partition coefficient (Wildman–Crippen LogP) is 7.48. The Balaban J connectivity index is 1.83. The van der Waals surface area contributed by atoms with E-state index < -0.39 is 11.2 Å². The van der Waals surface area contributed by atoms with Crippen LogP contribution in [0.15, 0.2) is 46.5 Å². The fourth-order valence-electron chi connectivity index (χ4n) is 2.91. The molecule has 0 N–H and O–H groups in total. The molecule has 2 heterocycles. The van der Waals surface area contributed by atoms with E-state index in [1.807, 2.05) is 66.1 Å². The van der Waals surface area contributed by atoms with Crippen molar-refractivity contribution in [3.8, 4) is 0 Å². The molecule has 2 amide bonds. The van der Waals surface area contributed by atoms with Gasteiger partial charge in [0.15, 0.2) is 0 Å². The molecule has 0 aliphatic carbocycles. The second-order valence-corrected chi connectivity index (χ2v) is 15.4. The molecule has 2 rings (SSSR count). The Bertz CT molecular complexity index is 1010. The van der Waals surface area contributed by atoms with Crippen LogP contribution in [-0.4, -0.2) is 81.8 Å². The topological polar surface area (TPSA) is 84.9 Å². The molecule has 222 valence electrons. The quantitative estimate of drug-likeness (QED) is 0.165. The first-order chi connectivity index (χ1) is 18.7. The highest BCUT2D eigenvalue weighted by molar-refractivity contribution is 8.76. The number of thioether (sulfide) groups is 2. The molecule has 0 spiro atoms. The van der Waals surface area contributed by atoms with Gasteiger partial charge >= 0.3 is 12.2 Å². The third-order valence-corrected chi connectivity index (χ3v) is 9.36. The summed E-state index contributed by atoms with van der Waals surface area (Å²) in [5.41, 5.74) is 1.05. The van der Waals surface area contributed by atoms with E-state index in [1.165, 1.54) is 0 Å². The zero-order valence-electron chi connectivity index (χ0n) is 24.8. The molecule has 0 unspecified atom stereocenters. The summed E-state index contributed by atoms with van der Waals surface area (Å²) in [6.07, 6.45) is 3.02. The van der Waals surface area contributed by atoms with E-state index in [0.717, 1.165) is 44.2 Å². The molecule has 12 heteroatoms. The molecule has 40 heavy (non-hydrogen) atoms. The largest absolute Gasteiger partial charge is 0.444 e. The molecule has 0 aromatic carbocycles. The van der Waals surface area contributed by atoms with Crippen molar-refractivity contribution in [2.45, 2.75) is 74.0 Å². The molecular formula is C28H42N4O4S4. The van der Waals surface area contributed by atoms with Crippen molar-refractivity contribution in [1.82, 2.24) is 19.8 Å². The van der Waals surface area contributed by atoms with Crippen molar-refractivity contribution in [3.05, 3.63) is 48.0 Å². The van der Waals surface area contributed by atoms with E-state index >= 15 is 0 Å². The molecular weight excluding hydrogens is 585 g/mol. The van der Waals surface area contributed by atoms with Gasteiger partial charge in [-0.25, -0.2) is 9.59 Å². The number of nitrogens with zero attached hydrogens (tertiary/aromatic N) is 4. The number of rotatable bonds is 13. The molecule has 0 bridgehead atoms. The van der Waals surface area contributed by atoms with Gasteiger partial charge in [-0.3, -0.25) is 9.97 Å². The van der Waals surface area contributed by atoms with Crippen molar-refractivity contribution in [1.29, 1.82) is 0 Å². The third kappa shape index (κ3) is 13.7. The van der Waals surface area contributed by atoms with Crippen LogP contribution in [-0.2, 0) is 21.0 Å². The number of aromatic nitrogens is 2. The highest BCUT2D eigenvalue weighted by atomic mass is 33.1. The molecule has 0 atom stereocenters. The maximum atomic E-state index is 12.2. The summed E-state index contributed by atoms with van der Waals surface area (Å²) < 4.78 is 10.8. The normalized spacial score (nSPS) is 11.7. The van der Waals surface area contributed by atoms with E-state index in [1.54, 1.807) is 69.0 Å². The van der Waals surface area contributed by atoms with Gasteiger partial charge < -0.3 is 19.3 Å². The van der Waals surface area contributed by atoms with Gasteiger partial charge in [-0.1, -0.05) is 21.6 Å². The molecule has 0 aliphatic rings. The third-order valence-electron chi connectivity index (χ3n) is 4.95. The number of ether oxygens (including phenoxy) is 2. The molecule has 0 radical (unpaired) electrons. The first-order valence-electron chi connectivity index (χ1n) is 13.0. The van der Waals surface area contributed by atoms with E-state index in [-0.39, 0.29) is 12.2 Å². The van der Waals surface area contributed by atoms with Crippen molar-refractivity contribution in [2.75, 3.05) is 38.7 Å². The number of carbonyl (C=O) groups is 2. The van der Waals surface area contributed by atoms with Crippen LogP contribution >= 0.6 is 45.1 Å². The summed E-state index contributed by atoms with van der Waals surface area (Å²) in [5, 5.41) is 0. The van der Waals surface area contributed by atoms with Crippen LogP contribution in [0.25, 0.3) is 0 Å². The lowest BCUT2D eigenvalue weighted by Crippen LogP contribution is -2.35. The van der Waals surface area contributed by atoms with Crippen LogP contribution in [0.5, 0.6) is 0 Å². The standard InChI is InChI=1S/C28H42N4O4S4/c1-27(2,3)35-25(33)31(7)15-17-37-19-21-23(11-9-13-29-21)39-40-24-12-10-14-30-22(24)20-38-18-16-32(8)26(34)36-28(4,5)6/h9-14H,15-20H2,1-8H3. The molecule has 0 saturated carbocycles. The molecule has 0 saturated heterocycles. The van der Waals surface area contributed by atoms with Crippen LogP contribution in [0, 0.1) is 0 Å². The number of pyridine rings is 2. The fourth-order valence-corrected chi connectivity index (χ4v) is 7.37. The average Bonchev–Trinajstić information content (AvgIpc) is 2.86. The summed E-state index contributed by atoms with van der Waals surface area (Å²) in [4.78, 5) is 39.0. The lowest BCUT2D eigenvalue weighted by atomic mass is 10.2. The van der Waals surface area contributed by atoms with Gasteiger partial charge in [0.2, 0.25) is 0 Å².